The lowest BCUT2D eigenvalue weighted by molar-refractivity contribution is 1.61. The Kier molecular flexibility index (Phi) is 4.51. The SMILES string of the molecule is C=C/C=C\C(C=C)=C/C. The number of hydrogen-bond donors (Lipinski definition) is 0. The molecule has 0 aromatic rings. The second-order valence-corrected chi connectivity index (χ2v) is 1.59. The van der Waals surface area contributed by atoms with Crippen LogP contribution in [-0.2, 0) is 0 Å². The lowest BCUT2D eigenvalue weighted by Gasteiger charge is -1.85. The van der Waals surface area contributed by atoms with Gasteiger partial charge in [-0.2, -0.15) is 0 Å². The van der Waals surface area contributed by atoms with E-state index >= 15 is 0 Å². The summed E-state index contributed by atoms with van der Waals surface area (Å²) in [5.41, 5.74) is 1.12. The topological polar surface area (TPSA) is 0 Å². The summed E-state index contributed by atoms with van der Waals surface area (Å²) >= 11 is 0. The van der Waals surface area contributed by atoms with Crippen LogP contribution >= 0.6 is 0 Å². The van der Waals surface area contributed by atoms with Crippen LogP contribution in [0.1, 0.15) is 6.92 Å². The van der Waals surface area contributed by atoms with Crippen molar-refractivity contribution >= 4 is 0 Å². The summed E-state index contributed by atoms with van der Waals surface area (Å²) < 4.78 is 0. The van der Waals surface area contributed by atoms with Gasteiger partial charge in [0.15, 0.2) is 0 Å². The van der Waals surface area contributed by atoms with Gasteiger partial charge in [-0.3, -0.25) is 0 Å². The van der Waals surface area contributed by atoms with Crippen LogP contribution in [0.4, 0.5) is 0 Å². The maximum atomic E-state index is 3.63. The summed E-state index contributed by atoms with van der Waals surface area (Å²) in [6, 6.07) is 0. The molecule has 0 rings (SSSR count). The van der Waals surface area contributed by atoms with Crippen LogP contribution in [-0.4, -0.2) is 0 Å². The third-order valence-electron chi connectivity index (χ3n) is 0.994. The van der Waals surface area contributed by atoms with Crippen LogP contribution in [0.5, 0.6) is 0 Å². The second kappa shape index (κ2) is 5.10. The Morgan fingerprint density at radius 3 is 2.33 bits per heavy atom. The van der Waals surface area contributed by atoms with Crippen molar-refractivity contribution in [2.75, 3.05) is 0 Å². The fourth-order valence-corrected chi connectivity index (χ4v) is 0.461. The number of allylic oxidation sites excluding steroid dienone is 6. The van der Waals surface area contributed by atoms with E-state index in [0.717, 1.165) is 5.57 Å². The molecule has 0 saturated carbocycles. The molecule has 0 fully saturated rings. The molecule has 0 aliphatic heterocycles. The minimum Gasteiger partial charge on any atom is -0.0991 e. The Morgan fingerprint density at radius 2 is 2.00 bits per heavy atom. The predicted octanol–water partition coefficient (Wildman–Crippen LogP) is 2.86. The van der Waals surface area contributed by atoms with E-state index in [2.05, 4.69) is 13.2 Å². The zero-order chi connectivity index (χ0) is 7.11. The fourth-order valence-electron chi connectivity index (χ4n) is 0.461. The van der Waals surface area contributed by atoms with Gasteiger partial charge in [-0.25, -0.2) is 0 Å². The van der Waals surface area contributed by atoms with Crippen LogP contribution in [0, 0.1) is 0 Å². The molecule has 0 saturated heterocycles. The Balaban J connectivity index is 3.99. The van der Waals surface area contributed by atoms with Crippen LogP contribution in [0.15, 0.2) is 49.1 Å². The molecule has 0 N–H and O–H groups in total. The normalized spacial score (nSPS) is 11.9. The molecular formula is C9H12. The highest BCUT2D eigenvalue weighted by Gasteiger charge is 1.75. The average molecular weight is 120 g/mol. The lowest BCUT2D eigenvalue weighted by Crippen LogP contribution is -1.64. The molecule has 0 radical (unpaired) electrons. The summed E-state index contributed by atoms with van der Waals surface area (Å²) in [5, 5.41) is 0. The van der Waals surface area contributed by atoms with Crippen LogP contribution in [0.2, 0.25) is 0 Å². The van der Waals surface area contributed by atoms with Crippen LogP contribution in [0.25, 0.3) is 0 Å². The van der Waals surface area contributed by atoms with Gasteiger partial charge in [0, 0.05) is 0 Å². The molecule has 0 bridgehead atoms. The van der Waals surface area contributed by atoms with E-state index in [9.17, 15) is 0 Å². The van der Waals surface area contributed by atoms with Gasteiger partial charge in [-0.05, 0) is 12.5 Å². The first kappa shape index (κ1) is 7.96. The van der Waals surface area contributed by atoms with Crippen LogP contribution in [0.3, 0.4) is 0 Å². The zero-order valence-electron chi connectivity index (χ0n) is 5.80. The first-order valence-corrected chi connectivity index (χ1v) is 2.93. The summed E-state index contributed by atoms with van der Waals surface area (Å²) in [4.78, 5) is 0. The van der Waals surface area contributed by atoms with E-state index < -0.39 is 0 Å². The molecule has 48 valence electrons. The summed E-state index contributed by atoms with van der Waals surface area (Å²) in [5.74, 6) is 0. The van der Waals surface area contributed by atoms with Gasteiger partial charge < -0.3 is 0 Å². The second-order valence-electron chi connectivity index (χ2n) is 1.59. The molecule has 0 unspecified atom stereocenters. The van der Waals surface area contributed by atoms with Gasteiger partial charge in [0.05, 0.1) is 0 Å². The molecule has 0 nitrogen and oxygen atoms in total. The van der Waals surface area contributed by atoms with Gasteiger partial charge in [-0.1, -0.05) is 43.5 Å². The zero-order valence-corrected chi connectivity index (χ0v) is 5.80. The first-order valence-electron chi connectivity index (χ1n) is 2.93. The molecule has 0 heteroatoms. The van der Waals surface area contributed by atoms with Crippen molar-refractivity contribution in [3.05, 3.63) is 49.1 Å². The number of hydrogen-bond acceptors (Lipinski definition) is 0. The smallest absolute Gasteiger partial charge is 0.0305 e. The van der Waals surface area contributed by atoms with E-state index in [4.69, 9.17) is 0 Å². The summed E-state index contributed by atoms with van der Waals surface area (Å²) in [6.07, 6.45) is 9.39. The molecule has 0 aromatic carbocycles. The maximum Gasteiger partial charge on any atom is -0.0305 e. The Morgan fingerprint density at radius 1 is 1.33 bits per heavy atom. The Labute approximate surface area is 56.9 Å². The van der Waals surface area contributed by atoms with Crippen LogP contribution < -0.4 is 0 Å². The molecule has 0 aliphatic rings. The van der Waals surface area contributed by atoms with E-state index in [1.165, 1.54) is 0 Å². The molecule has 0 atom stereocenters. The molecule has 0 aliphatic carbocycles. The van der Waals surface area contributed by atoms with E-state index in [1.807, 2.05) is 25.2 Å². The van der Waals surface area contributed by atoms with Crippen molar-refractivity contribution in [3.63, 3.8) is 0 Å². The minimum atomic E-state index is 1.12. The molecular weight excluding hydrogens is 108 g/mol. The average Bonchev–Trinajstić information content (AvgIpc) is 1.91. The number of rotatable bonds is 3. The van der Waals surface area contributed by atoms with Crippen molar-refractivity contribution < 1.29 is 0 Å². The Hall–Kier alpha value is -1.04. The highest BCUT2D eigenvalue weighted by molar-refractivity contribution is 5.29. The third kappa shape index (κ3) is 3.53. The quantitative estimate of drug-likeness (QED) is 0.502. The van der Waals surface area contributed by atoms with Crippen molar-refractivity contribution in [2.45, 2.75) is 6.92 Å². The van der Waals surface area contributed by atoms with E-state index in [-0.39, 0.29) is 0 Å². The van der Waals surface area contributed by atoms with Crippen molar-refractivity contribution in [1.29, 1.82) is 0 Å². The van der Waals surface area contributed by atoms with Crippen molar-refractivity contribution in [2.24, 2.45) is 0 Å². The van der Waals surface area contributed by atoms with E-state index in [0.29, 0.717) is 0 Å². The fraction of sp³-hybridized carbons (Fsp3) is 0.111. The minimum absolute atomic E-state index is 1.12. The summed E-state index contributed by atoms with van der Waals surface area (Å²) in [6.45, 7) is 9.16. The monoisotopic (exact) mass is 120 g/mol. The molecule has 9 heavy (non-hydrogen) atoms. The van der Waals surface area contributed by atoms with Gasteiger partial charge >= 0.3 is 0 Å². The van der Waals surface area contributed by atoms with Crippen molar-refractivity contribution in [1.82, 2.24) is 0 Å². The highest BCUT2D eigenvalue weighted by Crippen LogP contribution is 1.96. The van der Waals surface area contributed by atoms with Gasteiger partial charge in [0.2, 0.25) is 0 Å². The van der Waals surface area contributed by atoms with Gasteiger partial charge in [0.1, 0.15) is 0 Å². The maximum absolute atomic E-state index is 3.63. The summed E-state index contributed by atoms with van der Waals surface area (Å²) in [7, 11) is 0. The van der Waals surface area contributed by atoms with Crippen molar-refractivity contribution in [3.8, 4) is 0 Å². The predicted molar refractivity (Wildman–Crippen MR) is 43.3 cm³/mol. The van der Waals surface area contributed by atoms with Gasteiger partial charge in [0.25, 0.3) is 0 Å². The molecule has 0 aromatic heterocycles. The van der Waals surface area contributed by atoms with Gasteiger partial charge in [-0.15, -0.1) is 0 Å². The lowest BCUT2D eigenvalue weighted by atomic mass is 10.2. The third-order valence-corrected chi connectivity index (χ3v) is 0.994. The largest absolute Gasteiger partial charge is 0.0991 e. The van der Waals surface area contributed by atoms with E-state index in [1.54, 1.807) is 12.2 Å². The highest BCUT2D eigenvalue weighted by atomic mass is 13.8. The standard InChI is InChI=1S/C9H12/c1-4-7-8-9(5-2)6-3/h4-8H,1-2H2,3H3/b8-7-,9-6-. The molecule has 0 heterocycles. The Bertz CT molecular complexity index is 147. The molecule has 0 spiro atoms. The first-order chi connectivity index (χ1) is 4.35. The molecule has 0 amide bonds.